The number of morpholine rings is 4. The number of ether oxygens (including phenoxy) is 4. The van der Waals surface area contributed by atoms with Gasteiger partial charge in [-0.1, -0.05) is 91.8 Å². The maximum atomic E-state index is 14.6. The molecule has 46 heteroatoms. The van der Waals surface area contributed by atoms with Gasteiger partial charge in [-0.3, -0.25) is 9.97 Å². The molecular weight excluding hydrogens is 1930 g/mol. The molecule has 0 radical (unpaired) electrons. The summed E-state index contributed by atoms with van der Waals surface area (Å²) >= 11 is 0. The number of pyridine rings is 2. The molecular formula is C100H106F16N26O4. The van der Waals surface area contributed by atoms with E-state index in [9.17, 15) is 70.2 Å². The van der Waals surface area contributed by atoms with Crippen LogP contribution in [0.4, 0.5) is 163 Å². The van der Waals surface area contributed by atoms with Crippen molar-refractivity contribution in [2.24, 2.45) is 38.2 Å². The molecule has 0 amide bonds. The van der Waals surface area contributed by atoms with Crippen LogP contribution in [0.25, 0.3) is 0 Å². The minimum atomic E-state index is -4.42. The monoisotopic (exact) mass is 2040 g/mol. The van der Waals surface area contributed by atoms with Crippen molar-refractivity contribution in [3.8, 4) is 0 Å². The van der Waals surface area contributed by atoms with E-state index >= 15 is 0 Å². The van der Waals surface area contributed by atoms with E-state index in [1.54, 1.807) is 73.1 Å². The Hall–Kier alpha value is -15.1. The summed E-state index contributed by atoms with van der Waals surface area (Å²) in [5.41, 5.74) is 15.8. The number of nitrogens with zero attached hydrogens (tertiary/aromatic N) is 18. The molecule has 4 aliphatic rings. The van der Waals surface area contributed by atoms with Crippen molar-refractivity contribution in [1.82, 2.24) is 49.8 Å². The van der Waals surface area contributed by atoms with E-state index in [0.29, 0.717) is 148 Å². The third kappa shape index (κ3) is 31.0. The van der Waals surface area contributed by atoms with Gasteiger partial charge in [0.2, 0.25) is 23.8 Å². The largest absolute Gasteiger partial charge is 0.416 e. The SMILES string of the molecule is CC(C)C1CN(c2nc(N/N=C/c3ccc(Nc4cccc(C(F)(F)F)c4)cn3)ncc2F)CCO1.CC(C)C1COCCN1c1nc(N/N=C/c2ccc(Nc3cccc(C(F)(F)F)c3)cn2)ncc1F.CCc1cc(Nc2cccc(C(F)(F)F)c2)ccc1/C=N/Nc1ncc(F)c(N2CCOC(CC)C2)n1.Cc1cc(Nc2cccc(C(F)(F)F)c2)ccc1/C=N/Nc1ncc(F)c(N2CCOCC2C(C)C)n1. The van der Waals surface area contributed by atoms with Crippen LogP contribution in [-0.2, 0) is 50.1 Å². The summed E-state index contributed by atoms with van der Waals surface area (Å²) in [5, 5.41) is 28.3. The highest BCUT2D eigenvalue weighted by Gasteiger charge is 2.37. The van der Waals surface area contributed by atoms with E-state index in [1.807, 2.05) is 80.2 Å². The number of benzene rings is 6. The highest BCUT2D eigenvalue weighted by molar-refractivity contribution is 5.85. The van der Waals surface area contributed by atoms with Gasteiger partial charge in [0.15, 0.2) is 46.5 Å². The molecule has 10 heterocycles. The fraction of sp³-hybridized carbons (Fsp3) is 0.340. The van der Waals surface area contributed by atoms with E-state index in [1.165, 1.54) is 61.2 Å². The van der Waals surface area contributed by atoms with Crippen LogP contribution in [0.1, 0.15) is 118 Å². The number of rotatable bonds is 29. The molecule has 4 unspecified atom stereocenters. The van der Waals surface area contributed by atoms with Crippen LogP contribution in [-0.4, -0.2) is 178 Å². The maximum absolute atomic E-state index is 14.6. The summed E-state index contributed by atoms with van der Waals surface area (Å²) in [7, 11) is 0. The molecule has 16 rings (SSSR count). The van der Waals surface area contributed by atoms with Crippen molar-refractivity contribution in [3.63, 3.8) is 0 Å². The topological polar surface area (TPSA) is 324 Å². The molecule has 4 aliphatic heterocycles. The summed E-state index contributed by atoms with van der Waals surface area (Å²) < 4.78 is 236. The van der Waals surface area contributed by atoms with Crippen molar-refractivity contribution in [2.45, 2.75) is 124 Å². The summed E-state index contributed by atoms with van der Waals surface area (Å²) in [6.07, 6.45) is -2.78. The van der Waals surface area contributed by atoms with E-state index in [0.717, 1.165) is 102 Å². The Morgan fingerprint density at radius 1 is 0.370 bits per heavy atom. The Balaban J connectivity index is 0.000000163. The van der Waals surface area contributed by atoms with E-state index in [-0.39, 0.29) is 83.2 Å². The van der Waals surface area contributed by atoms with Crippen LogP contribution in [0.2, 0.25) is 0 Å². The van der Waals surface area contributed by atoms with E-state index < -0.39 is 70.2 Å². The predicted molar refractivity (Wildman–Crippen MR) is 530 cm³/mol. The first-order chi connectivity index (χ1) is 69.8. The lowest BCUT2D eigenvalue weighted by Gasteiger charge is -2.38. The van der Waals surface area contributed by atoms with Gasteiger partial charge in [-0.2, -0.15) is 93.0 Å². The molecule has 0 bridgehead atoms. The summed E-state index contributed by atoms with van der Waals surface area (Å²) in [4.78, 5) is 48.9. The number of halogens is 16. The second-order valence-electron chi connectivity index (χ2n) is 34.6. The maximum Gasteiger partial charge on any atom is 0.416 e. The number of hydrogen-bond acceptors (Lipinski definition) is 30. The Morgan fingerprint density at radius 2 is 0.719 bits per heavy atom. The number of hydrazone groups is 4. The van der Waals surface area contributed by atoms with Gasteiger partial charge in [0.25, 0.3) is 0 Å². The molecule has 0 saturated carbocycles. The molecule has 146 heavy (non-hydrogen) atoms. The molecule has 12 aromatic rings. The Bertz CT molecular complexity index is 6450. The van der Waals surface area contributed by atoms with Crippen molar-refractivity contribution in [3.05, 3.63) is 274 Å². The average molecular weight is 2040 g/mol. The zero-order chi connectivity index (χ0) is 104. The smallest absolute Gasteiger partial charge is 0.377 e. The number of aryl methyl sites for hydroxylation is 2. The zero-order valence-corrected chi connectivity index (χ0v) is 80.5. The lowest BCUT2D eigenvalue weighted by atomic mass is 10.0. The van der Waals surface area contributed by atoms with Crippen LogP contribution in [0.3, 0.4) is 0 Å². The second-order valence-corrected chi connectivity index (χ2v) is 34.6. The van der Waals surface area contributed by atoms with Crippen LogP contribution in [0.5, 0.6) is 0 Å². The van der Waals surface area contributed by atoms with Crippen LogP contribution >= 0.6 is 0 Å². The van der Waals surface area contributed by atoms with Crippen molar-refractivity contribution in [2.75, 3.05) is 141 Å². The highest BCUT2D eigenvalue weighted by Crippen LogP contribution is 2.38. The lowest BCUT2D eigenvalue weighted by molar-refractivity contribution is -0.138. The minimum Gasteiger partial charge on any atom is -0.377 e. The third-order valence-electron chi connectivity index (χ3n) is 23.1. The molecule has 6 aromatic heterocycles. The summed E-state index contributed by atoms with van der Waals surface area (Å²) in [5.74, 6) is 0.0423. The quantitative estimate of drug-likeness (QED) is 0.0123. The molecule has 772 valence electrons. The predicted octanol–water partition coefficient (Wildman–Crippen LogP) is 22.2. The number of aromatic nitrogens is 10. The number of anilines is 16. The Morgan fingerprint density at radius 3 is 1.09 bits per heavy atom. The van der Waals surface area contributed by atoms with E-state index in [2.05, 4.69) is 127 Å². The minimum absolute atomic E-state index is 0.000196. The second kappa shape index (κ2) is 50.0. The molecule has 0 spiro atoms. The van der Waals surface area contributed by atoms with Gasteiger partial charge in [0, 0.05) is 73.4 Å². The van der Waals surface area contributed by atoms with Gasteiger partial charge in [0.05, 0.1) is 171 Å². The van der Waals surface area contributed by atoms with Crippen molar-refractivity contribution in [1.29, 1.82) is 0 Å². The van der Waals surface area contributed by atoms with Gasteiger partial charge >= 0.3 is 24.7 Å². The van der Waals surface area contributed by atoms with E-state index in [4.69, 9.17) is 18.9 Å². The van der Waals surface area contributed by atoms with Gasteiger partial charge in [-0.25, -0.2) is 59.2 Å². The molecule has 4 saturated heterocycles. The average Bonchev–Trinajstić information content (AvgIpc) is 0.805. The molecule has 0 aliphatic carbocycles. The summed E-state index contributed by atoms with van der Waals surface area (Å²) in [6.45, 7) is 24.3. The molecule has 30 nitrogen and oxygen atoms in total. The van der Waals surface area contributed by atoms with Crippen LogP contribution in [0, 0.1) is 47.9 Å². The first-order valence-electron chi connectivity index (χ1n) is 46.4. The van der Waals surface area contributed by atoms with Gasteiger partial charge in [-0.05, 0) is 181 Å². The van der Waals surface area contributed by atoms with Gasteiger partial charge in [0.1, 0.15) is 0 Å². The zero-order valence-electron chi connectivity index (χ0n) is 80.5. The Kier molecular flexibility index (Phi) is 37.0. The first-order valence-corrected chi connectivity index (χ1v) is 46.4. The molecule has 4 atom stereocenters. The molecule has 6 aromatic carbocycles. The number of alkyl halides is 12. The van der Waals surface area contributed by atoms with Crippen LogP contribution < -0.4 is 62.6 Å². The van der Waals surface area contributed by atoms with Gasteiger partial charge in [-0.15, -0.1) is 0 Å². The Labute approximate surface area is 830 Å². The van der Waals surface area contributed by atoms with Crippen LogP contribution in [0.15, 0.2) is 215 Å². The fourth-order valence-electron chi connectivity index (χ4n) is 15.3. The number of hydrogen-bond donors (Lipinski definition) is 8. The summed E-state index contributed by atoms with van der Waals surface area (Å²) in [6, 6.07) is 37.2. The van der Waals surface area contributed by atoms with Crippen molar-refractivity contribution >= 4 is 117 Å². The van der Waals surface area contributed by atoms with Gasteiger partial charge < -0.3 is 59.8 Å². The molecule has 4 fully saturated rings. The van der Waals surface area contributed by atoms with Crippen molar-refractivity contribution < 1.29 is 89.2 Å². The normalized spacial score (nSPS) is 16.4. The first kappa shape index (κ1) is 108. The lowest BCUT2D eigenvalue weighted by Crippen LogP contribution is -2.49. The number of nitrogens with one attached hydrogen (secondary N) is 8. The third-order valence-corrected chi connectivity index (χ3v) is 23.1. The standard InChI is InChI=1S/2C26H28F4N6O.2C24H25F4N7O/c1-16(2)23-15-37-10-9-36(23)24-22(27)14-31-25(34-24)35-32-13-18-7-8-21(11-17(18)3)33-20-6-4-5-19(12-20)26(28,29)30;1-3-17-12-21(33-20-7-5-6-19(13-20)26(28,29)30)9-8-18(17)14-32-35-25-31-15-23(27)24(34-25)36-10-11-37-22(4-2)16-36;1-15(2)21-14-36-9-8-35(21)22-20(25)13-30-23(33-22)34-31-12-18-6-7-19(11-29-18)32-17-5-3-4-16(10-17)24(26,27)28;1-15(2)21-14-35(8-9-36-21)22-20(25)13-30-23(33-22)34-31-12-18-6-7-19(11-29-18)32-17-5-3-4-16(10-17)24(26,27)28/h4-8,11-14,16,23,33H,9-10,15H2,1-3H3,(H,31,34,35);5-9,12-15,22,33H,3-4,10-11,16H2,1-2H3,(H,31,34,35);2*3-7,10-13,15,21,32H,8-9,14H2,1-2H3,(H,30,33,34)/b32-13+;32-14+;2*31-12+. The molecule has 8 N–H and O–H groups in total. The highest BCUT2D eigenvalue weighted by atomic mass is 19.4. The fourth-order valence-corrected chi connectivity index (χ4v) is 15.3.